The molecule has 46 heavy (non-hydrogen) atoms. The number of nitrogens with two attached hydrogens (primary N) is 2. The molecular formula is C31H28F2N5O8+. The predicted octanol–water partition coefficient (Wildman–Crippen LogP) is 3.31. The zero-order valence-corrected chi connectivity index (χ0v) is 24.7. The second kappa shape index (κ2) is 12.9. The van der Waals surface area contributed by atoms with Crippen molar-refractivity contribution in [2.75, 3.05) is 34.4 Å². The van der Waals surface area contributed by atoms with Crippen molar-refractivity contribution in [1.29, 1.82) is 0 Å². The van der Waals surface area contributed by atoms with Gasteiger partial charge in [-0.3, -0.25) is 16.1 Å². The van der Waals surface area contributed by atoms with Crippen LogP contribution in [0.4, 0.5) is 8.78 Å². The van der Waals surface area contributed by atoms with Crippen LogP contribution in [0, 0.1) is 11.6 Å². The number of hydrogen-bond donors (Lipinski definition) is 4. The fourth-order valence-corrected chi connectivity index (χ4v) is 4.45. The topological polar surface area (TPSA) is 184 Å². The molecule has 3 aromatic carbocycles. The molecule has 0 saturated heterocycles. The fraction of sp³-hybridized carbons (Fsp3) is 0.161. The summed E-state index contributed by atoms with van der Waals surface area (Å²) in [6.45, 7) is 1.33. The summed E-state index contributed by atoms with van der Waals surface area (Å²) in [6.07, 6.45) is 0. The van der Waals surface area contributed by atoms with E-state index < -0.39 is 40.9 Å². The SMILES string of the molecule is COc1cc(C(=O)O)cc(OC)c1Oc1c(F)c(Oc2cccc(C3=NCCN3C)c2)nc(Oc2cc(C(N)=[NH2+])ccc2O)c1F. The van der Waals surface area contributed by atoms with Crippen LogP contribution in [-0.2, 0) is 0 Å². The van der Waals surface area contributed by atoms with E-state index in [1.165, 1.54) is 38.5 Å². The Hall–Kier alpha value is -6.12. The number of phenolic OH excluding ortho intramolecular Hbond substituents is 1. The number of benzene rings is 3. The number of carbonyl (C=O) groups is 1. The molecule has 0 aliphatic carbocycles. The molecule has 1 aliphatic heterocycles. The third-order valence-electron chi connectivity index (χ3n) is 6.75. The van der Waals surface area contributed by atoms with Gasteiger partial charge in [-0.25, -0.2) is 4.79 Å². The number of nitrogens with zero attached hydrogens (tertiary/aromatic N) is 3. The van der Waals surface area contributed by atoms with Crippen LogP contribution in [0.3, 0.4) is 0 Å². The van der Waals surface area contributed by atoms with Gasteiger partial charge in [0.1, 0.15) is 11.6 Å². The first-order valence-electron chi connectivity index (χ1n) is 13.5. The number of pyridine rings is 1. The molecule has 238 valence electrons. The molecule has 4 aromatic rings. The number of methoxy groups -OCH3 is 2. The van der Waals surface area contributed by atoms with Gasteiger partial charge < -0.3 is 38.8 Å². The minimum absolute atomic E-state index is 0.117. The van der Waals surface area contributed by atoms with Gasteiger partial charge in [-0.1, -0.05) is 12.1 Å². The minimum atomic E-state index is -1.46. The molecule has 6 N–H and O–H groups in total. The van der Waals surface area contributed by atoms with E-state index in [1.807, 2.05) is 11.9 Å². The van der Waals surface area contributed by atoms with E-state index in [2.05, 4.69) is 9.98 Å². The van der Waals surface area contributed by atoms with Crippen molar-refractivity contribution in [2.45, 2.75) is 0 Å². The van der Waals surface area contributed by atoms with Gasteiger partial charge in [0.25, 0.3) is 17.6 Å². The molecule has 0 saturated carbocycles. The Morgan fingerprint density at radius 3 is 2.15 bits per heavy atom. The van der Waals surface area contributed by atoms with Crippen molar-refractivity contribution in [3.05, 3.63) is 82.9 Å². The number of carboxylic acid groups (broad SMARTS) is 1. The Kier molecular flexibility index (Phi) is 8.75. The largest absolute Gasteiger partial charge is 0.504 e. The number of aromatic nitrogens is 1. The Bertz CT molecular complexity index is 1860. The molecule has 0 atom stereocenters. The zero-order valence-electron chi connectivity index (χ0n) is 24.7. The standard InChI is InChI=1S/C31H27F2N5O8/c1-38-10-9-36-28(38)16-5-4-6-18(11-16)44-29-23(32)26(46-25-21(42-2)13-17(31(40)41)14-22(25)43-3)24(33)30(37-29)45-20-12-15(27(34)35)7-8-19(20)39/h4-8,11-14,39H,9-10H2,1-3H3,(H3,34,35)(H,40,41)/p+1. The number of amidine groups is 2. The molecule has 5 rings (SSSR count). The predicted molar refractivity (Wildman–Crippen MR) is 160 cm³/mol. The summed E-state index contributed by atoms with van der Waals surface area (Å²) in [5, 5.41) is 25.5. The molecule has 0 amide bonds. The Labute approximate surface area is 260 Å². The van der Waals surface area contributed by atoms with Gasteiger partial charge >= 0.3 is 5.97 Å². The van der Waals surface area contributed by atoms with Crippen LogP contribution in [0.2, 0.25) is 0 Å². The van der Waals surface area contributed by atoms with E-state index >= 15 is 8.78 Å². The highest BCUT2D eigenvalue weighted by atomic mass is 19.1. The summed E-state index contributed by atoms with van der Waals surface area (Å²) in [7, 11) is 4.27. The van der Waals surface area contributed by atoms with E-state index in [0.29, 0.717) is 17.9 Å². The second-order valence-corrected chi connectivity index (χ2v) is 9.79. The highest BCUT2D eigenvalue weighted by molar-refractivity contribution is 6.00. The number of ether oxygens (including phenoxy) is 5. The molecule has 15 heteroatoms. The smallest absolute Gasteiger partial charge is 0.335 e. The number of phenols is 1. The van der Waals surface area contributed by atoms with Crippen molar-refractivity contribution in [2.24, 2.45) is 10.7 Å². The van der Waals surface area contributed by atoms with E-state index in [9.17, 15) is 15.0 Å². The van der Waals surface area contributed by atoms with Crippen molar-refractivity contribution >= 4 is 17.6 Å². The first-order chi connectivity index (χ1) is 22.0. The molecule has 0 fully saturated rings. The average molecular weight is 637 g/mol. The maximum absolute atomic E-state index is 16.1. The number of hydrogen-bond acceptors (Lipinski definition) is 10. The lowest BCUT2D eigenvalue weighted by Crippen LogP contribution is -2.46. The van der Waals surface area contributed by atoms with Crippen LogP contribution >= 0.6 is 0 Å². The summed E-state index contributed by atoms with van der Waals surface area (Å²) < 4.78 is 59.7. The van der Waals surface area contributed by atoms with Crippen molar-refractivity contribution in [1.82, 2.24) is 9.88 Å². The van der Waals surface area contributed by atoms with Gasteiger partial charge in [0, 0.05) is 25.2 Å². The van der Waals surface area contributed by atoms with Crippen LogP contribution in [0.15, 0.2) is 59.6 Å². The number of aromatic hydroxyl groups is 1. The number of aliphatic imine (C=N–C) groups is 1. The summed E-state index contributed by atoms with van der Waals surface area (Å²) >= 11 is 0. The lowest BCUT2D eigenvalue weighted by atomic mass is 10.2. The van der Waals surface area contributed by atoms with Gasteiger partial charge in [-0.05, 0) is 36.4 Å². The molecule has 1 aliphatic rings. The minimum Gasteiger partial charge on any atom is -0.504 e. The van der Waals surface area contributed by atoms with E-state index in [4.69, 9.17) is 34.8 Å². The Morgan fingerprint density at radius 2 is 1.57 bits per heavy atom. The average Bonchev–Trinajstić information content (AvgIpc) is 3.47. The summed E-state index contributed by atoms with van der Waals surface area (Å²) in [5.41, 5.74) is 6.33. The number of carboxylic acids is 1. The summed E-state index contributed by atoms with van der Waals surface area (Å²) in [5.74, 6) is -7.76. The third kappa shape index (κ3) is 6.24. The first kappa shape index (κ1) is 31.3. The van der Waals surface area contributed by atoms with Crippen LogP contribution in [0.25, 0.3) is 0 Å². The molecular weight excluding hydrogens is 608 g/mol. The van der Waals surface area contributed by atoms with Gasteiger partial charge in [0.15, 0.2) is 23.0 Å². The van der Waals surface area contributed by atoms with Gasteiger partial charge in [-0.2, -0.15) is 13.8 Å². The molecule has 13 nitrogen and oxygen atoms in total. The maximum Gasteiger partial charge on any atom is 0.335 e. The Morgan fingerprint density at radius 1 is 0.913 bits per heavy atom. The highest BCUT2D eigenvalue weighted by Crippen LogP contribution is 2.46. The van der Waals surface area contributed by atoms with Crippen molar-refractivity contribution in [3.8, 4) is 52.0 Å². The van der Waals surface area contributed by atoms with E-state index in [0.717, 1.165) is 18.7 Å². The zero-order chi connectivity index (χ0) is 33.1. The number of likely N-dealkylation sites (N-methyl/N-ethyl adjacent to an activating group) is 1. The highest BCUT2D eigenvalue weighted by Gasteiger charge is 2.29. The monoisotopic (exact) mass is 636 g/mol. The van der Waals surface area contributed by atoms with Crippen LogP contribution < -0.4 is 34.8 Å². The number of rotatable bonds is 11. The van der Waals surface area contributed by atoms with Crippen molar-refractivity contribution in [3.63, 3.8) is 0 Å². The molecule has 0 spiro atoms. The molecule has 0 radical (unpaired) electrons. The summed E-state index contributed by atoms with van der Waals surface area (Å²) in [4.78, 5) is 21.9. The lowest BCUT2D eigenvalue weighted by Gasteiger charge is -2.18. The van der Waals surface area contributed by atoms with E-state index in [-0.39, 0.29) is 45.7 Å². The molecule has 1 aromatic heterocycles. The number of aromatic carboxylic acids is 1. The van der Waals surface area contributed by atoms with Crippen LogP contribution in [0.1, 0.15) is 21.5 Å². The lowest BCUT2D eigenvalue weighted by molar-refractivity contribution is -0.114. The van der Waals surface area contributed by atoms with Gasteiger partial charge in [-0.15, -0.1) is 0 Å². The quantitative estimate of drug-likeness (QED) is 0.140. The fourth-order valence-electron chi connectivity index (χ4n) is 4.45. The normalized spacial score (nSPS) is 12.4. The summed E-state index contributed by atoms with van der Waals surface area (Å²) in [6, 6.07) is 12.5. The van der Waals surface area contributed by atoms with Crippen molar-refractivity contribution < 1.29 is 52.9 Å². The maximum atomic E-state index is 16.1. The second-order valence-electron chi connectivity index (χ2n) is 9.79. The molecule has 0 bridgehead atoms. The first-order valence-corrected chi connectivity index (χ1v) is 13.5. The van der Waals surface area contributed by atoms with E-state index in [1.54, 1.807) is 18.2 Å². The van der Waals surface area contributed by atoms with Crippen LogP contribution in [-0.4, -0.2) is 72.1 Å². The van der Waals surface area contributed by atoms with Gasteiger partial charge in [0.2, 0.25) is 23.1 Å². The molecule has 0 unspecified atom stereocenters. The van der Waals surface area contributed by atoms with Gasteiger partial charge in [0.05, 0.1) is 31.9 Å². The third-order valence-corrected chi connectivity index (χ3v) is 6.75. The Balaban J connectivity index is 1.64. The molecule has 2 heterocycles. The van der Waals surface area contributed by atoms with Crippen LogP contribution in [0.5, 0.6) is 52.0 Å². The number of halogens is 2.